The van der Waals surface area contributed by atoms with Crippen LogP contribution in [0.4, 0.5) is 0 Å². The quantitative estimate of drug-likeness (QED) is 0.735. The summed E-state index contributed by atoms with van der Waals surface area (Å²) in [5.74, 6) is 0. The van der Waals surface area contributed by atoms with Crippen molar-refractivity contribution in [2.24, 2.45) is 5.73 Å². The van der Waals surface area contributed by atoms with E-state index in [0.717, 1.165) is 0 Å². The van der Waals surface area contributed by atoms with Gasteiger partial charge in [0, 0.05) is 6.42 Å². The van der Waals surface area contributed by atoms with Gasteiger partial charge in [0.05, 0.1) is 0 Å². The van der Waals surface area contributed by atoms with Gasteiger partial charge in [0.1, 0.15) is 0 Å². The zero-order chi connectivity index (χ0) is 9.10. The fourth-order valence-electron chi connectivity index (χ4n) is 1.47. The van der Waals surface area contributed by atoms with Gasteiger partial charge in [-0.05, 0) is 22.9 Å². The molecule has 0 saturated heterocycles. The molecule has 0 aliphatic rings. The SMILES string of the molecule is NC[CH]c1ccc2ccccc2c1. The zero-order valence-corrected chi connectivity index (χ0v) is 7.40. The van der Waals surface area contributed by atoms with Gasteiger partial charge in [0.15, 0.2) is 0 Å². The van der Waals surface area contributed by atoms with Crippen molar-refractivity contribution in [3.8, 4) is 0 Å². The molecule has 0 heterocycles. The van der Waals surface area contributed by atoms with Gasteiger partial charge in [-0.15, -0.1) is 0 Å². The maximum Gasteiger partial charge on any atom is 0.00423 e. The number of nitrogens with two attached hydrogens (primary N) is 1. The number of fused-ring (bicyclic) bond motifs is 1. The third kappa shape index (κ3) is 1.70. The van der Waals surface area contributed by atoms with Crippen LogP contribution in [0.2, 0.25) is 0 Å². The second kappa shape index (κ2) is 3.58. The summed E-state index contributed by atoms with van der Waals surface area (Å²) in [7, 11) is 0. The summed E-state index contributed by atoms with van der Waals surface area (Å²) in [6, 6.07) is 14.7. The molecule has 2 aromatic carbocycles. The molecule has 0 bridgehead atoms. The predicted octanol–water partition coefficient (Wildman–Crippen LogP) is 2.35. The molecule has 65 valence electrons. The molecule has 2 aromatic rings. The molecule has 0 aliphatic carbocycles. The van der Waals surface area contributed by atoms with Crippen molar-refractivity contribution in [3.05, 3.63) is 54.4 Å². The van der Waals surface area contributed by atoms with E-state index >= 15 is 0 Å². The van der Waals surface area contributed by atoms with E-state index in [9.17, 15) is 0 Å². The van der Waals surface area contributed by atoms with Gasteiger partial charge in [-0.25, -0.2) is 0 Å². The van der Waals surface area contributed by atoms with Crippen LogP contribution in [-0.4, -0.2) is 6.54 Å². The van der Waals surface area contributed by atoms with Crippen LogP contribution in [0, 0.1) is 6.42 Å². The van der Waals surface area contributed by atoms with Crippen molar-refractivity contribution in [2.75, 3.05) is 6.54 Å². The van der Waals surface area contributed by atoms with Crippen LogP contribution in [0.15, 0.2) is 42.5 Å². The summed E-state index contributed by atoms with van der Waals surface area (Å²) in [6.45, 7) is 0.596. The molecule has 0 aromatic heterocycles. The Balaban J connectivity index is 2.49. The normalized spacial score (nSPS) is 10.5. The molecule has 2 rings (SSSR count). The monoisotopic (exact) mass is 170 g/mol. The third-order valence-electron chi connectivity index (χ3n) is 2.13. The highest BCUT2D eigenvalue weighted by molar-refractivity contribution is 5.83. The van der Waals surface area contributed by atoms with E-state index in [4.69, 9.17) is 5.73 Å². The highest BCUT2D eigenvalue weighted by Crippen LogP contribution is 2.15. The van der Waals surface area contributed by atoms with Crippen LogP contribution in [0.1, 0.15) is 5.56 Å². The van der Waals surface area contributed by atoms with Crippen LogP contribution in [0.5, 0.6) is 0 Å². The van der Waals surface area contributed by atoms with Crippen LogP contribution in [0.3, 0.4) is 0 Å². The zero-order valence-electron chi connectivity index (χ0n) is 7.40. The molecular weight excluding hydrogens is 158 g/mol. The first-order valence-electron chi connectivity index (χ1n) is 4.42. The molecule has 1 heteroatoms. The smallest absolute Gasteiger partial charge is 0.00423 e. The Labute approximate surface area is 78.2 Å². The van der Waals surface area contributed by atoms with Gasteiger partial charge in [-0.1, -0.05) is 42.5 Å². The lowest BCUT2D eigenvalue weighted by molar-refractivity contribution is 1.16. The molecule has 0 amide bonds. The van der Waals surface area contributed by atoms with E-state index in [1.807, 2.05) is 6.42 Å². The average Bonchev–Trinajstić information content (AvgIpc) is 2.18. The molecule has 0 spiro atoms. The molecule has 1 radical (unpaired) electrons. The fourth-order valence-corrected chi connectivity index (χ4v) is 1.47. The highest BCUT2D eigenvalue weighted by Gasteiger charge is 1.94. The summed E-state index contributed by atoms with van der Waals surface area (Å²) in [5, 5.41) is 2.54. The molecular formula is C12H12N. The topological polar surface area (TPSA) is 26.0 Å². The Morgan fingerprint density at radius 3 is 2.54 bits per heavy atom. The summed E-state index contributed by atoms with van der Waals surface area (Å²) < 4.78 is 0. The fraction of sp³-hybridized carbons (Fsp3) is 0.0833. The molecule has 13 heavy (non-hydrogen) atoms. The third-order valence-corrected chi connectivity index (χ3v) is 2.13. The molecule has 0 atom stereocenters. The van der Waals surface area contributed by atoms with Crippen LogP contribution in [0.25, 0.3) is 10.8 Å². The maximum atomic E-state index is 5.45. The molecule has 0 unspecified atom stereocenters. The highest BCUT2D eigenvalue weighted by atomic mass is 14.5. The lowest BCUT2D eigenvalue weighted by Gasteiger charge is -2.00. The van der Waals surface area contributed by atoms with Gasteiger partial charge in [-0.2, -0.15) is 0 Å². The lowest BCUT2D eigenvalue weighted by atomic mass is 10.1. The summed E-state index contributed by atoms with van der Waals surface area (Å²) >= 11 is 0. The molecule has 0 saturated carbocycles. The minimum atomic E-state index is 0.596. The van der Waals surface area contributed by atoms with E-state index in [1.165, 1.54) is 16.3 Å². The first kappa shape index (κ1) is 8.27. The van der Waals surface area contributed by atoms with Gasteiger partial charge in [0.25, 0.3) is 0 Å². The minimum Gasteiger partial charge on any atom is -0.330 e. The van der Waals surface area contributed by atoms with E-state index in [1.54, 1.807) is 0 Å². The van der Waals surface area contributed by atoms with Crippen molar-refractivity contribution in [2.45, 2.75) is 0 Å². The minimum absolute atomic E-state index is 0.596. The van der Waals surface area contributed by atoms with Crippen molar-refractivity contribution in [3.63, 3.8) is 0 Å². The van der Waals surface area contributed by atoms with Gasteiger partial charge in [-0.3, -0.25) is 0 Å². The predicted molar refractivity (Wildman–Crippen MR) is 56.4 cm³/mol. The second-order valence-electron chi connectivity index (χ2n) is 3.05. The Morgan fingerprint density at radius 1 is 1.00 bits per heavy atom. The molecule has 0 fully saturated rings. The molecule has 1 nitrogen and oxygen atoms in total. The number of benzene rings is 2. The first-order valence-corrected chi connectivity index (χ1v) is 4.42. The van der Waals surface area contributed by atoms with E-state index < -0.39 is 0 Å². The Kier molecular flexibility index (Phi) is 2.28. The summed E-state index contributed by atoms with van der Waals surface area (Å²) in [5.41, 5.74) is 6.64. The molecule has 0 aliphatic heterocycles. The Hall–Kier alpha value is -1.34. The lowest BCUT2D eigenvalue weighted by Crippen LogP contribution is -1.99. The van der Waals surface area contributed by atoms with Gasteiger partial charge in [0.2, 0.25) is 0 Å². The summed E-state index contributed by atoms with van der Waals surface area (Å²) in [6.07, 6.45) is 2.02. The van der Waals surface area contributed by atoms with Crippen molar-refractivity contribution < 1.29 is 0 Å². The average molecular weight is 170 g/mol. The maximum absolute atomic E-state index is 5.45. The number of hydrogen-bond donors (Lipinski definition) is 1. The van der Waals surface area contributed by atoms with Crippen molar-refractivity contribution in [1.29, 1.82) is 0 Å². The van der Waals surface area contributed by atoms with E-state index in [2.05, 4.69) is 42.5 Å². The number of hydrogen-bond acceptors (Lipinski definition) is 1. The van der Waals surface area contributed by atoms with E-state index in [0.29, 0.717) is 6.54 Å². The van der Waals surface area contributed by atoms with E-state index in [-0.39, 0.29) is 0 Å². The molecule has 2 N–H and O–H groups in total. The first-order chi connectivity index (χ1) is 6.40. The van der Waals surface area contributed by atoms with Crippen molar-refractivity contribution in [1.82, 2.24) is 0 Å². The Morgan fingerprint density at radius 2 is 1.77 bits per heavy atom. The van der Waals surface area contributed by atoms with Crippen LogP contribution in [-0.2, 0) is 0 Å². The van der Waals surface area contributed by atoms with Gasteiger partial charge < -0.3 is 5.73 Å². The summed E-state index contributed by atoms with van der Waals surface area (Å²) in [4.78, 5) is 0. The standard InChI is InChI=1S/C12H12N/c13-8-7-10-5-6-11-3-1-2-4-12(11)9-10/h1-7,9H,8,13H2. The van der Waals surface area contributed by atoms with Crippen LogP contribution >= 0.6 is 0 Å². The van der Waals surface area contributed by atoms with Crippen molar-refractivity contribution >= 4 is 10.8 Å². The largest absolute Gasteiger partial charge is 0.330 e. The van der Waals surface area contributed by atoms with Gasteiger partial charge >= 0.3 is 0 Å². The van der Waals surface area contributed by atoms with Crippen LogP contribution < -0.4 is 5.73 Å². The second-order valence-corrected chi connectivity index (χ2v) is 3.05. The Bertz CT molecular complexity index is 407. The number of rotatable bonds is 2.